The number of ether oxygens (including phenoxy) is 2. The van der Waals surface area contributed by atoms with Crippen LogP contribution in [-0.4, -0.2) is 22.0 Å². The van der Waals surface area contributed by atoms with E-state index in [1.807, 2.05) is 11.7 Å². The first-order valence-corrected chi connectivity index (χ1v) is 7.50. The number of nitrogens with zero attached hydrogens (tertiary/aromatic N) is 2. The van der Waals surface area contributed by atoms with Gasteiger partial charge >= 0.3 is 0 Å². The Labute approximate surface area is 132 Å². The molecule has 1 aromatic heterocycles. The van der Waals surface area contributed by atoms with E-state index in [-0.39, 0.29) is 6.61 Å². The number of hydrogen-bond acceptors (Lipinski definition) is 4. The van der Waals surface area contributed by atoms with Crippen molar-refractivity contribution >= 4 is 15.9 Å². The summed E-state index contributed by atoms with van der Waals surface area (Å²) < 4.78 is 13.9. The predicted molar refractivity (Wildman–Crippen MR) is 83.5 cm³/mol. The van der Waals surface area contributed by atoms with E-state index in [9.17, 15) is 5.11 Å². The van der Waals surface area contributed by atoms with Crippen LogP contribution in [0.1, 0.15) is 23.9 Å². The first kappa shape index (κ1) is 15.9. The predicted octanol–water partition coefficient (Wildman–Crippen LogP) is 2.82. The zero-order valence-electron chi connectivity index (χ0n) is 12.4. The van der Waals surface area contributed by atoms with Gasteiger partial charge in [-0.25, -0.2) is 0 Å². The maximum atomic E-state index is 9.22. The Bertz CT molecular complexity index is 626. The smallest absolute Gasteiger partial charge is 0.162 e. The Hall–Kier alpha value is -1.53. The molecule has 0 bridgehead atoms. The molecule has 1 N–H and O–H groups in total. The molecule has 21 heavy (non-hydrogen) atoms. The molecule has 1 heterocycles. The van der Waals surface area contributed by atoms with E-state index >= 15 is 0 Å². The second-order valence-electron chi connectivity index (χ2n) is 4.62. The summed E-state index contributed by atoms with van der Waals surface area (Å²) in [5, 5.41) is 13.7. The molecule has 0 atom stereocenters. The van der Waals surface area contributed by atoms with Crippen LogP contribution in [0.3, 0.4) is 0 Å². The van der Waals surface area contributed by atoms with Crippen LogP contribution >= 0.6 is 15.9 Å². The molecule has 0 radical (unpaired) electrons. The second kappa shape index (κ2) is 6.95. The van der Waals surface area contributed by atoms with Gasteiger partial charge in [0.05, 0.1) is 29.6 Å². The molecule has 6 heteroatoms. The minimum absolute atomic E-state index is 0.0320. The SMILES string of the molecule is CCc1nn(C)c(COc2cc(CO)ccc2OC)c1Br. The summed E-state index contributed by atoms with van der Waals surface area (Å²) in [4.78, 5) is 0. The van der Waals surface area contributed by atoms with Gasteiger partial charge in [0.2, 0.25) is 0 Å². The summed E-state index contributed by atoms with van der Waals surface area (Å²) in [7, 11) is 3.49. The summed E-state index contributed by atoms with van der Waals surface area (Å²) in [6.45, 7) is 2.40. The number of aryl methyl sites for hydroxylation is 2. The van der Waals surface area contributed by atoms with Crippen molar-refractivity contribution in [2.24, 2.45) is 7.05 Å². The number of hydrogen-bond donors (Lipinski definition) is 1. The van der Waals surface area contributed by atoms with Crippen molar-refractivity contribution in [1.82, 2.24) is 9.78 Å². The third-order valence-electron chi connectivity index (χ3n) is 3.28. The number of benzene rings is 1. The highest BCUT2D eigenvalue weighted by Gasteiger charge is 2.14. The highest BCUT2D eigenvalue weighted by atomic mass is 79.9. The Morgan fingerprint density at radius 1 is 1.33 bits per heavy atom. The van der Waals surface area contributed by atoms with Crippen LogP contribution in [-0.2, 0) is 26.7 Å². The number of halogens is 1. The fraction of sp³-hybridized carbons (Fsp3) is 0.400. The molecule has 0 saturated carbocycles. The van der Waals surface area contributed by atoms with Crippen LogP contribution in [0.4, 0.5) is 0 Å². The zero-order chi connectivity index (χ0) is 15.4. The van der Waals surface area contributed by atoms with Gasteiger partial charge in [-0.3, -0.25) is 4.68 Å². The fourth-order valence-corrected chi connectivity index (χ4v) is 2.79. The van der Waals surface area contributed by atoms with Gasteiger partial charge in [-0.2, -0.15) is 5.10 Å². The molecular weight excluding hydrogens is 336 g/mol. The van der Waals surface area contributed by atoms with Crippen molar-refractivity contribution in [3.05, 3.63) is 39.6 Å². The molecule has 1 aromatic carbocycles. The molecule has 0 saturated heterocycles. The first-order valence-electron chi connectivity index (χ1n) is 6.71. The monoisotopic (exact) mass is 354 g/mol. The quantitative estimate of drug-likeness (QED) is 0.866. The molecule has 0 unspecified atom stereocenters. The molecule has 0 amide bonds. The topological polar surface area (TPSA) is 56.5 Å². The summed E-state index contributed by atoms with van der Waals surface area (Å²) in [6, 6.07) is 5.38. The van der Waals surface area contributed by atoms with Crippen molar-refractivity contribution in [2.45, 2.75) is 26.6 Å². The van der Waals surface area contributed by atoms with Crippen LogP contribution in [0.2, 0.25) is 0 Å². The lowest BCUT2D eigenvalue weighted by Gasteiger charge is -2.12. The number of rotatable bonds is 6. The molecule has 0 fully saturated rings. The van der Waals surface area contributed by atoms with E-state index in [0.29, 0.717) is 18.1 Å². The lowest BCUT2D eigenvalue weighted by molar-refractivity contribution is 0.267. The Morgan fingerprint density at radius 2 is 2.10 bits per heavy atom. The molecule has 114 valence electrons. The Balaban J connectivity index is 2.21. The lowest BCUT2D eigenvalue weighted by atomic mass is 10.2. The van der Waals surface area contributed by atoms with Crippen molar-refractivity contribution in [3.63, 3.8) is 0 Å². The van der Waals surface area contributed by atoms with Gasteiger partial charge in [0.1, 0.15) is 6.61 Å². The molecule has 0 aliphatic rings. The van der Waals surface area contributed by atoms with Crippen molar-refractivity contribution < 1.29 is 14.6 Å². The minimum atomic E-state index is -0.0320. The minimum Gasteiger partial charge on any atom is -0.493 e. The van der Waals surface area contributed by atoms with E-state index in [4.69, 9.17) is 9.47 Å². The molecule has 0 aliphatic carbocycles. The Morgan fingerprint density at radius 3 is 2.67 bits per heavy atom. The fourth-order valence-electron chi connectivity index (χ4n) is 2.06. The van der Waals surface area contributed by atoms with Crippen molar-refractivity contribution in [1.29, 1.82) is 0 Å². The van der Waals surface area contributed by atoms with Crippen LogP contribution < -0.4 is 9.47 Å². The molecule has 2 rings (SSSR count). The molecule has 2 aromatic rings. The summed E-state index contributed by atoms with van der Waals surface area (Å²) >= 11 is 3.56. The van der Waals surface area contributed by atoms with E-state index in [1.165, 1.54) is 0 Å². The average molecular weight is 355 g/mol. The summed E-state index contributed by atoms with van der Waals surface area (Å²) in [5.74, 6) is 1.25. The molecule has 0 spiro atoms. The van der Waals surface area contributed by atoms with Gasteiger partial charge in [0.15, 0.2) is 11.5 Å². The molecule has 0 aliphatic heterocycles. The van der Waals surface area contributed by atoms with E-state index in [1.54, 1.807) is 25.3 Å². The maximum absolute atomic E-state index is 9.22. The first-order chi connectivity index (χ1) is 10.1. The van der Waals surface area contributed by atoms with Gasteiger partial charge < -0.3 is 14.6 Å². The van der Waals surface area contributed by atoms with Crippen LogP contribution in [0, 0.1) is 0 Å². The normalized spacial score (nSPS) is 10.7. The average Bonchev–Trinajstić information content (AvgIpc) is 2.79. The third-order valence-corrected chi connectivity index (χ3v) is 4.19. The largest absolute Gasteiger partial charge is 0.493 e. The van der Waals surface area contributed by atoms with E-state index in [2.05, 4.69) is 28.0 Å². The Kier molecular flexibility index (Phi) is 5.25. The number of methoxy groups -OCH3 is 1. The highest BCUT2D eigenvalue weighted by Crippen LogP contribution is 2.30. The van der Waals surface area contributed by atoms with Crippen LogP contribution in [0.5, 0.6) is 11.5 Å². The van der Waals surface area contributed by atoms with Gasteiger partial charge in [0, 0.05) is 7.05 Å². The van der Waals surface area contributed by atoms with Gasteiger partial charge in [-0.1, -0.05) is 13.0 Å². The second-order valence-corrected chi connectivity index (χ2v) is 5.41. The standard InChI is InChI=1S/C15H19BrN2O3/c1-4-11-15(16)12(18(2)17-11)9-21-14-7-10(8-19)5-6-13(14)20-3/h5-7,19H,4,8-9H2,1-3H3. The van der Waals surface area contributed by atoms with Crippen molar-refractivity contribution in [2.75, 3.05) is 7.11 Å². The number of aliphatic hydroxyl groups excluding tert-OH is 1. The third kappa shape index (κ3) is 3.39. The van der Waals surface area contributed by atoms with E-state index in [0.717, 1.165) is 27.8 Å². The summed E-state index contributed by atoms with van der Waals surface area (Å²) in [6.07, 6.45) is 0.859. The van der Waals surface area contributed by atoms with Gasteiger partial charge in [0.25, 0.3) is 0 Å². The van der Waals surface area contributed by atoms with Gasteiger partial charge in [-0.15, -0.1) is 0 Å². The van der Waals surface area contributed by atoms with Crippen LogP contribution in [0.15, 0.2) is 22.7 Å². The zero-order valence-corrected chi connectivity index (χ0v) is 14.0. The molecular formula is C15H19BrN2O3. The van der Waals surface area contributed by atoms with Crippen LogP contribution in [0.25, 0.3) is 0 Å². The lowest BCUT2D eigenvalue weighted by Crippen LogP contribution is -2.04. The van der Waals surface area contributed by atoms with Gasteiger partial charge in [-0.05, 0) is 40.0 Å². The number of aromatic nitrogens is 2. The maximum Gasteiger partial charge on any atom is 0.162 e. The van der Waals surface area contributed by atoms with E-state index < -0.39 is 0 Å². The van der Waals surface area contributed by atoms with Crippen molar-refractivity contribution in [3.8, 4) is 11.5 Å². The number of aliphatic hydroxyl groups is 1. The molecule has 5 nitrogen and oxygen atoms in total. The highest BCUT2D eigenvalue weighted by molar-refractivity contribution is 9.10. The summed E-state index contributed by atoms with van der Waals surface area (Å²) in [5.41, 5.74) is 2.75.